The number of Topliss-reactive ketones (excluding diaryl/α,β-unsaturated/α-hetero) is 1. The van der Waals surface area contributed by atoms with Crippen molar-refractivity contribution >= 4 is 5.78 Å². The predicted octanol–water partition coefficient (Wildman–Crippen LogP) is 3.38. The van der Waals surface area contributed by atoms with Crippen molar-refractivity contribution in [2.24, 2.45) is 0 Å². The summed E-state index contributed by atoms with van der Waals surface area (Å²) >= 11 is 0. The van der Waals surface area contributed by atoms with Crippen molar-refractivity contribution in [3.8, 4) is 11.1 Å². The molecule has 1 aliphatic carbocycles. The number of ether oxygens (including phenoxy) is 1. The first-order valence-electron chi connectivity index (χ1n) is 7.63. The second-order valence-electron chi connectivity index (χ2n) is 5.83. The molecule has 21 heavy (non-hydrogen) atoms. The van der Waals surface area contributed by atoms with Crippen LogP contribution in [0.5, 0.6) is 0 Å². The number of benzene rings is 1. The van der Waals surface area contributed by atoms with Crippen molar-refractivity contribution in [3.63, 3.8) is 0 Å². The molecule has 0 bridgehead atoms. The number of fused-ring (bicyclic) bond motifs is 1. The van der Waals surface area contributed by atoms with E-state index in [1.54, 1.807) is 0 Å². The Morgan fingerprint density at radius 1 is 1.19 bits per heavy atom. The van der Waals surface area contributed by atoms with Crippen LogP contribution in [-0.2, 0) is 11.2 Å². The van der Waals surface area contributed by atoms with Gasteiger partial charge in [-0.15, -0.1) is 0 Å². The Bertz CT molecular complexity index is 684. The highest BCUT2D eigenvalue weighted by atomic mass is 16.5. The minimum absolute atomic E-state index is 0.0589. The smallest absolute Gasteiger partial charge is 0.163 e. The average Bonchev–Trinajstić information content (AvgIpc) is 3.16. The lowest BCUT2D eigenvalue weighted by molar-refractivity contribution is -0.0394. The summed E-state index contributed by atoms with van der Waals surface area (Å²) in [6.07, 6.45) is 8.81. The van der Waals surface area contributed by atoms with Crippen molar-refractivity contribution in [1.29, 1.82) is 0 Å². The maximum atomic E-state index is 11.9. The summed E-state index contributed by atoms with van der Waals surface area (Å²) in [7, 11) is 0. The Kier molecular flexibility index (Phi) is 3.11. The molecule has 0 amide bonds. The first-order valence-corrected chi connectivity index (χ1v) is 7.63. The number of carbonyl (C=O) groups excluding carboxylic acids is 1. The number of carbonyl (C=O) groups is 1. The highest BCUT2D eigenvalue weighted by Gasteiger charge is 2.21. The number of hydrogen-bond donors (Lipinski definition) is 0. The summed E-state index contributed by atoms with van der Waals surface area (Å²) in [6.45, 7) is 0.813. The third-order valence-electron chi connectivity index (χ3n) is 4.42. The van der Waals surface area contributed by atoms with Gasteiger partial charge in [0.2, 0.25) is 0 Å². The fourth-order valence-electron chi connectivity index (χ4n) is 3.19. The molecule has 1 saturated heterocycles. The Labute approximate surface area is 123 Å². The van der Waals surface area contributed by atoms with E-state index in [2.05, 4.69) is 17.2 Å². The van der Waals surface area contributed by atoms with Crippen molar-refractivity contribution in [2.75, 3.05) is 6.61 Å². The zero-order chi connectivity index (χ0) is 14.2. The number of aryl methyl sites for hydroxylation is 1. The fraction of sp³-hybridized carbons (Fsp3) is 0.412. The predicted molar refractivity (Wildman–Crippen MR) is 79.2 cm³/mol. The molecule has 0 N–H and O–H groups in total. The van der Waals surface area contributed by atoms with Crippen molar-refractivity contribution < 1.29 is 9.53 Å². The number of ketones is 1. The number of aromatic nitrogens is 2. The lowest BCUT2D eigenvalue weighted by atomic mass is 10.0. The van der Waals surface area contributed by atoms with Crippen LogP contribution < -0.4 is 0 Å². The van der Waals surface area contributed by atoms with E-state index in [0.29, 0.717) is 6.42 Å². The van der Waals surface area contributed by atoms with Gasteiger partial charge in [-0.3, -0.25) is 4.79 Å². The fourth-order valence-corrected chi connectivity index (χ4v) is 3.19. The number of hydrogen-bond acceptors (Lipinski definition) is 3. The lowest BCUT2D eigenvalue weighted by Crippen LogP contribution is -2.18. The topological polar surface area (TPSA) is 44.1 Å². The molecule has 4 nitrogen and oxygen atoms in total. The van der Waals surface area contributed by atoms with E-state index in [1.807, 2.05) is 23.1 Å². The van der Waals surface area contributed by atoms with Crippen LogP contribution in [0.15, 0.2) is 30.6 Å². The van der Waals surface area contributed by atoms with Gasteiger partial charge in [0.05, 0.1) is 6.20 Å². The van der Waals surface area contributed by atoms with E-state index < -0.39 is 0 Å². The van der Waals surface area contributed by atoms with E-state index in [4.69, 9.17) is 4.74 Å². The van der Waals surface area contributed by atoms with E-state index in [1.165, 1.54) is 12.0 Å². The molecule has 0 saturated carbocycles. The van der Waals surface area contributed by atoms with E-state index in [9.17, 15) is 4.79 Å². The summed E-state index contributed by atoms with van der Waals surface area (Å²) in [4.78, 5) is 11.9. The van der Waals surface area contributed by atoms with Gasteiger partial charge in [-0.05, 0) is 42.9 Å². The zero-order valence-corrected chi connectivity index (χ0v) is 11.9. The number of rotatable bonds is 2. The molecule has 2 aromatic rings. The molecular formula is C17H18N2O2. The Morgan fingerprint density at radius 2 is 2.14 bits per heavy atom. The quantitative estimate of drug-likeness (QED) is 0.848. The maximum Gasteiger partial charge on any atom is 0.163 e. The minimum Gasteiger partial charge on any atom is -0.357 e. The van der Waals surface area contributed by atoms with Gasteiger partial charge in [0.25, 0.3) is 0 Å². The van der Waals surface area contributed by atoms with Gasteiger partial charge in [0, 0.05) is 30.4 Å². The highest BCUT2D eigenvalue weighted by Crippen LogP contribution is 2.29. The Hall–Kier alpha value is -1.94. The van der Waals surface area contributed by atoms with Gasteiger partial charge in [0.1, 0.15) is 6.23 Å². The van der Waals surface area contributed by atoms with E-state index in [-0.39, 0.29) is 12.0 Å². The van der Waals surface area contributed by atoms with Gasteiger partial charge in [-0.25, -0.2) is 4.68 Å². The van der Waals surface area contributed by atoms with Crippen LogP contribution in [0.2, 0.25) is 0 Å². The van der Waals surface area contributed by atoms with Crippen LogP contribution in [0.4, 0.5) is 0 Å². The van der Waals surface area contributed by atoms with Gasteiger partial charge in [-0.1, -0.05) is 12.1 Å². The second-order valence-corrected chi connectivity index (χ2v) is 5.83. The van der Waals surface area contributed by atoms with Gasteiger partial charge >= 0.3 is 0 Å². The van der Waals surface area contributed by atoms with E-state index in [0.717, 1.165) is 42.6 Å². The lowest BCUT2D eigenvalue weighted by Gasteiger charge is -2.22. The monoisotopic (exact) mass is 282 g/mol. The minimum atomic E-state index is 0.0589. The summed E-state index contributed by atoms with van der Waals surface area (Å²) in [5.74, 6) is 0.259. The SMILES string of the molecule is O=C1CCc2ccc(-c3cnn(C4CCCCO4)c3)cc21. The third kappa shape index (κ3) is 2.29. The van der Waals surface area contributed by atoms with Crippen LogP contribution in [0.1, 0.15) is 47.8 Å². The van der Waals surface area contributed by atoms with Crippen molar-refractivity contribution in [3.05, 3.63) is 41.7 Å². The summed E-state index contributed by atoms with van der Waals surface area (Å²) in [5, 5.41) is 4.44. The molecule has 108 valence electrons. The van der Waals surface area contributed by atoms with Crippen LogP contribution in [0.3, 0.4) is 0 Å². The molecule has 0 radical (unpaired) electrons. The summed E-state index contributed by atoms with van der Waals surface area (Å²) in [6, 6.07) is 6.16. The van der Waals surface area contributed by atoms with Gasteiger partial charge in [-0.2, -0.15) is 5.10 Å². The third-order valence-corrected chi connectivity index (χ3v) is 4.42. The van der Waals surface area contributed by atoms with Crippen LogP contribution >= 0.6 is 0 Å². The molecule has 4 heteroatoms. The summed E-state index contributed by atoms with van der Waals surface area (Å²) < 4.78 is 7.66. The molecule has 2 aliphatic rings. The number of nitrogens with zero attached hydrogens (tertiary/aromatic N) is 2. The molecule has 1 atom stereocenters. The van der Waals surface area contributed by atoms with Crippen LogP contribution in [0.25, 0.3) is 11.1 Å². The maximum absolute atomic E-state index is 11.9. The molecule has 1 unspecified atom stereocenters. The standard InChI is InChI=1S/C17H18N2O2/c20-16-7-6-12-4-5-13(9-15(12)16)14-10-18-19(11-14)17-3-1-2-8-21-17/h4-5,9-11,17H,1-3,6-8H2. The first-order chi connectivity index (χ1) is 10.3. The molecular weight excluding hydrogens is 264 g/mol. The second kappa shape index (κ2) is 5.11. The van der Waals surface area contributed by atoms with Crippen LogP contribution in [0, 0.1) is 0 Å². The van der Waals surface area contributed by atoms with Gasteiger partial charge < -0.3 is 4.74 Å². The molecule has 2 heterocycles. The molecule has 1 fully saturated rings. The van der Waals surface area contributed by atoms with Gasteiger partial charge in [0.15, 0.2) is 5.78 Å². The zero-order valence-electron chi connectivity index (χ0n) is 11.9. The molecule has 1 aliphatic heterocycles. The molecule has 4 rings (SSSR count). The summed E-state index contributed by atoms with van der Waals surface area (Å²) in [5.41, 5.74) is 4.17. The molecule has 0 spiro atoms. The molecule has 1 aromatic carbocycles. The van der Waals surface area contributed by atoms with Crippen molar-refractivity contribution in [1.82, 2.24) is 9.78 Å². The van der Waals surface area contributed by atoms with E-state index >= 15 is 0 Å². The Balaban J connectivity index is 1.63. The largest absolute Gasteiger partial charge is 0.357 e. The normalized spacial score (nSPS) is 21.5. The Morgan fingerprint density at radius 3 is 3.00 bits per heavy atom. The highest BCUT2D eigenvalue weighted by molar-refractivity contribution is 6.01. The van der Waals surface area contributed by atoms with Crippen LogP contribution in [-0.4, -0.2) is 22.2 Å². The first kappa shape index (κ1) is 12.8. The molecule has 1 aromatic heterocycles. The average molecular weight is 282 g/mol. The van der Waals surface area contributed by atoms with Crippen molar-refractivity contribution in [2.45, 2.75) is 38.3 Å².